The predicted octanol–water partition coefficient (Wildman–Crippen LogP) is 2.53. The van der Waals surface area contributed by atoms with E-state index in [4.69, 9.17) is 9.84 Å². The average Bonchev–Trinajstić information content (AvgIpc) is 2.50. The van der Waals surface area contributed by atoms with E-state index in [9.17, 15) is 0 Å². The van der Waals surface area contributed by atoms with Crippen LogP contribution in [0.5, 0.6) is 5.75 Å². The molecule has 0 spiro atoms. The number of benzene rings is 1. The zero-order valence-corrected chi connectivity index (χ0v) is 13.0. The van der Waals surface area contributed by atoms with Crippen molar-refractivity contribution in [3.8, 4) is 17.6 Å². The first kappa shape index (κ1) is 15.9. The summed E-state index contributed by atoms with van der Waals surface area (Å²) in [5, 5.41) is 8.72. The van der Waals surface area contributed by atoms with Crippen LogP contribution in [0.15, 0.2) is 24.3 Å². The van der Waals surface area contributed by atoms with Crippen LogP contribution in [-0.2, 0) is 0 Å². The normalized spacial score (nSPS) is 22.4. The van der Waals surface area contributed by atoms with Crippen molar-refractivity contribution < 1.29 is 9.84 Å². The minimum Gasteiger partial charge on any atom is -0.492 e. The fourth-order valence-electron chi connectivity index (χ4n) is 2.82. The third-order valence-electron chi connectivity index (χ3n) is 4.30. The number of ether oxygens (including phenoxy) is 1. The lowest BCUT2D eigenvalue weighted by Crippen LogP contribution is -2.44. The molecule has 3 nitrogen and oxygen atoms in total. The minimum absolute atomic E-state index is 0.115. The van der Waals surface area contributed by atoms with Gasteiger partial charge in [-0.2, -0.15) is 0 Å². The fraction of sp³-hybridized carbons (Fsp3) is 0.556. The average molecular weight is 287 g/mol. The highest BCUT2D eigenvalue weighted by atomic mass is 16.5. The molecule has 0 bridgehead atoms. The zero-order valence-electron chi connectivity index (χ0n) is 13.0. The van der Waals surface area contributed by atoms with Gasteiger partial charge in [0.25, 0.3) is 0 Å². The Bertz CT molecular complexity index is 503. The third kappa shape index (κ3) is 4.77. The predicted molar refractivity (Wildman–Crippen MR) is 85.3 cm³/mol. The lowest BCUT2D eigenvalue weighted by molar-refractivity contribution is 0.0958. The maximum atomic E-state index is 8.72. The lowest BCUT2D eigenvalue weighted by atomic mass is 9.92. The van der Waals surface area contributed by atoms with E-state index >= 15 is 0 Å². The van der Waals surface area contributed by atoms with E-state index in [-0.39, 0.29) is 6.61 Å². The van der Waals surface area contributed by atoms with E-state index in [0.717, 1.165) is 23.8 Å². The summed E-state index contributed by atoms with van der Waals surface area (Å²) in [6.45, 7) is 7.38. The number of aliphatic hydroxyl groups excluding tert-OH is 1. The van der Waals surface area contributed by atoms with Crippen molar-refractivity contribution in [2.45, 2.75) is 32.7 Å². The highest BCUT2D eigenvalue weighted by Gasteiger charge is 2.23. The molecule has 0 saturated carbocycles. The van der Waals surface area contributed by atoms with Gasteiger partial charge in [0.2, 0.25) is 0 Å². The van der Waals surface area contributed by atoms with Crippen molar-refractivity contribution in [3.05, 3.63) is 29.8 Å². The first-order valence-corrected chi connectivity index (χ1v) is 7.77. The van der Waals surface area contributed by atoms with Gasteiger partial charge in [0.05, 0.1) is 0 Å². The number of rotatable bonds is 4. The quantitative estimate of drug-likeness (QED) is 0.864. The molecule has 2 atom stereocenters. The van der Waals surface area contributed by atoms with Crippen LogP contribution in [0.25, 0.3) is 0 Å². The Hall–Kier alpha value is -1.50. The Morgan fingerprint density at radius 1 is 1.38 bits per heavy atom. The summed E-state index contributed by atoms with van der Waals surface area (Å²) in [6, 6.07) is 8.37. The molecule has 21 heavy (non-hydrogen) atoms. The summed E-state index contributed by atoms with van der Waals surface area (Å²) in [6.07, 6.45) is 2.63. The van der Waals surface area contributed by atoms with E-state index in [1.807, 2.05) is 24.3 Å². The smallest absolute Gasteiger partial charge is 0.120 e. The van der Waals surface area contributed by atoms with Gasteiger partial charge < -0.3 is 9.84 Å². The van der Waals surface area contributed by atoms with E-state index < -0.39 is 0 Å². The van der Waals surface area contributed by atoms with Crippen LogP contribution in [0.3, 0.4) is 0 Å². The number of aliphatic hydroxyl groups is 1. The van der Waals surface area contributed by atoms with Crippen LogP contribution >= 0.6 is 0 Å². The molecule has 1 aromatic carbocycles. The summed E-state index contributed by atoms with van der Waals surface area (Å²) in [4.78, 5) is 2.52. The molecule has 0 aliphatic carbocycles. The second-order valence-corrected chi connectivity index (χ2v) is 5.73. The lowest BCUT2D eigenvalue weighted by Gasteiger charge is -2.37. The third-order valence-corrected chi connectivity index (χ3v) is 4.30. The molecule has 2 unspecified atom stereocenters. The largest absolute Gasteiger partial charge is 0.492 e. The van der Waals surface area contributed by atoms with Gasteiger partial charge in [0.1, 0.15) is 19.0 Å². The summed E-state index contributed by atoms with van der Waals surface area (Å²) < 4.78 is 5.84. The zero-order chi connectivity index (χ0) is 15.1. The molecule has 1 heterocycles. The monoisotopic (exact) mass is 287 g/mol. The topological polar surface area (TPSA) is 32.7 Å². The standard InChI is InChI=1S/C18H25NO2/c1-15-6-4-10-19(16(15)2)11-13-21-18-9-3-7-17(14-18)8-5-12-20/h3,7,9,14-16,20H,4,6,10-13H2,1-2H3. The summed E-state index contributed by atoms with van der Waals surface area (Å²) in [7, 11) is 0. The highest BCUT2D eigenvalue weighted by Crippen LogP contribution is 2.22. The van der Waals surface area contributed by atoms with Crippen molar-refractivity contribution in [1.29, 1.82) is 0 Å². The highest BCUT2D eigenvalue weighted by molar-refractivity contribution is 5.39. The molecule has 2 rings (SSSR count). The second kappa shape index (κ2) is 8.07. The van der Waals surface area contributed by atoms with Crippen molar-refractivity contribution in [1.82, 2.24) is 4.90 Å². The molecule has 1 N–H and O–H groups in total. The van der Waals surface area contributed by atoms with Crippen LogP contribution in [-0.4, -0.2) is 42.4 Å². The molecule has 3 heteroatoms. The van der Waals surface area contributed by atoms with Gasteiger partial charge in [-0.15, -0.1) is 0 Å². The first-order chi connectivity index (χ1) is 10.2. The van der Waals surface area contributed by atoms with Crippen LogP contribution in [0.2, 0.25) is 0 Å². The Kier molecular flexibility index (Phi) is 6.10. The van der Waals surface area contributed by atoms with Gasteiger partial charge in [-0.3, -0.25) is 4.90 Å². The Morgan fingerprint density at radius 3 is 3.05 bits per heavy atom. The molecule has 1 aliphatic rings. The Labute approximate surface area is 127 Å². The van der Waals surface area contributed by atoms with Crippen molar-refractivity contribution in [3.63, 3.8) is 0 Å². The fourth-order valence-corrected chi connectivity index (χ4v) is 2.82. The molecule has 0 radical (unpaired) electrons. The molecule has 1 fully saturated rings. The number of hydrogen-bond donors (Lipinski definition) is 1. The van der Waals surface area contributed by atoms with Gasteiger partial charge in [0.15, 0.2) is 0 Å². The second-order valence-electron chi connectivity index (χ2n) is 5.73. The minimum atomic E-state index is -0.115. The van der Waals surface area contributed by atoms with Gasteiger partial charge in [-0.25, -0.2) is 0 Å². The van der Waals surface area contributed by atoms with Gasteiger partial charge in [0, 0.05) is 18.2 Å². The van der Waals surface area contributed by atoms with Crippen LogP contribution in [0.4, 0.5) is 0 Å². The number of likely N-dealkylation sites (tertiary alicyclic amines) is 1. The molecule has 1 aliphatic heterocycles. The number of hydrogen-bond acceptors (Lipinski definition) is 3. The van der Waals surface area contributed by atoms with Gasteiger partial charge in [-0.05, 0) is 50.4 Å². The molecule has 1 aromatic rings. The maximum absolute atomic E-state index is 8.72. The van der Waals surface area contributed by atoms with Crippen molar-refractivity contribution >= 4 is 0 Å². The molecule has 0 amide bonds. The van der Waals surface area contributed by atoms with Crippen LogP contribution < -0.4 is 4.74 Å². The van der Waals surface area contributed by atoms with E-state index in [1.165, 1.54) is 19.4 Å². The summed E-state index contributed by atoms with van der Waals surface area (Å²) >= 11 is 0. The molecule has 1 saturated heterocycles. The SMILES string of the molecule is CC1CCCN(CCOc2cccc(C#CCO)c2)C1C. The molecular formula is C18H25NO2. The molecular weight excluding hydrogens is 262 g/mol. The Morgan fingerprint density at radius 2 is 2.24 bits per heavy atom. The van der Waals surface area contributed by atoms with E-state index in [2.05, 4.69) is 30.6 Å². The maximum Gasteiger partial charge on any atom is 0.120 e. The molecule has 114 valence electrons. The number of nitrogens with zero attached hydrogens (tertiary/aromatic N) is 1. The number of piperidine rings is 1. The van der Waals surface area contributed by atoms with Gasteiger partial charge >= 0.3 is 0 Å². The van der Waals surface area contributed by atoms with Crippen LogP contribution in [0.1, 0.15) is 32.3 Å². The van der Waals surface area contributed by atoms with E-state index in [0.29, 0.717) is 12.6 Å². The van der Waals surface area contributed by atoms with Crippen molar-refractivity contribution in [2.75, 3.05) is 26.3 Å². The summed E-state index contributed by atoms with van der Waals surface area (Å²) in [5.41, 5.74) is 0.876. The first-order valence-electron chi connectivity index (χ1n) is 7.77. The molecule has 0 aromatic heterocycles. The summed E-state index contributed by atoms with van der Waals surface area (Å²) in [5.74, 6) is 7.17. The van der Waals surface area contributed by atoms with Crippen molar-refractivity contribution in [2.24, 2.45) is 5.92 Å². The van der Waals surface area contributed by atoms with Gasteiger partial charge in [-0.1, -0.05) is 24.8 Å². The Balaban J connectivity index is 1.83. The van der Waals surface area contributed by atoms with Crippen LogP contribution in [0, 0.1) is 17.8 Å². The van der Waals surface area contributed by atoms with E-state index in [1.54, 1.807) is 0 Å².